The van der Waals surface area contributed by atoms with E-state index >= 15 is 0 Å². The van der Waals surface area contributed by atoms with Crippen molar-refractivity contribution < 1.29 is 4.79 Å². The van der Waals surface area contributed by atoms with E-state index in [9.17, 15) is 4.79 Å². The fourth-order valence-electron chi connectivity index (χ4n) is 1.54. The molecule has 1 rings (SSSR count). The molecular formula is C10H21ClN2OS. The minimum Gasteiger partial charge on any atom is -0.338 e. The van der Waals surface area contributed by atoms with Crippen molar-refractivity contribution in [1.29, 1.82) is 0 Å². The Balaban J connectivity index is 0.00000196. The third-order valence-electron chi connectivity index (χ3n) is 2.83. The van der Waals surface area contributed by atoms with E-state index in [2.05, 4.69) is 6.92 Å². The summed E-state index contributed by atoms with van der Waals surface area (Å²) >= 11 is 1.92. The Morgan fingerprint density at radius 3 is 2.60 bits per heavy atom. The quantitative estimate of drug-likeness (QED) is 0.807. The third kappa shape index (κ3) is 3.85. The van der Waals surface area contributed by atoms with Crippen LogP contribution >= 0.6 is 24.2 Å². The molecule has 0 aliphatic carbocycles. The van der Waals surface area contributed by atoms with Gasteiger partial charge >= 0.3 is 0 Å². The van der Waals surface area contributed by atoms with Crippen LogP contribution in [0.2, 0.25) is 0 Å². The topological polar surface area (TPSA) is 46.3 Å². The zero-order chi connectivity index (χ0) is 10.7. The Hall–Kier alpha value is 0.0700. The predicted octanol–water partition coefficient (Wildman–Crippen LogP) is 1.36. The second-order valence-electron chi connectivity index (χ2n) is 4.10. The van der Waals surface area contributed by atoms with Gasteiger partial charge in [-0.2, -0.15) is 11.8 Å². The molecule has 3 nitrogen and oxygen atoms in total. The van der Waals surface area contributed by atoms with Gasteiger partial charge < -0.3 is 10.6 Å². The molecule has 1 aliphatic rings. The summed E-state index contributed by atoms with van der Waals surface area (Å²) < 4.78 is 0. The van der Waals surface area contributed by atoms with Crippen LogP contribution in [0.25, 0.3) is 0 Å². The Morgan fingerprint density at radius 1 is 1.53 bits per heavy atom. The van der Waals surface area contributed by atoms with Crippen molar-refractivity contribution in [2.24, 2.45) is 11.7 Å². The molecule has 0 saturated carbocycles. The van der Waals surface area contributed by atoms with Gasteiger partial charge in [0.1, 0.15) is 0 Å². The number of halogens is 1. The van der Waals surface area contributed by atoms with E-state index in [1.54, 1.807) is 0 Å². The lowest BCUT2D eigenvalue weighted by Crippen LogP contribution is -2.49. The van der Waals surface area contributed by atoms with Gasteiger partial charge in [-0.1, -0.05) is 6.92 Å². The van der Waals surface area contributed by atoms with E-state index < -0.39 is 0 Å². The molecule has 1 amide bonds. The molecule has 3 unspecified atom stereocenters. The summed E-state index contributed by atoms with van der Waals surface area (Å²) in [5.74, 6) is 2.27. The van der Waals surface area contributed by atoms with Crippen molar-refractivity contribution in [2.75, 3.05) is 18.1 Å². The van der Waals surface area contributed by atoms with Gasteiger partial charge in [-0.3, -0.25) is 4.79 Å². The standard InChI is InChI=1S/C10H20N2OS.ClH/c1-7-6-14-5-4-12(7)10(13)8(2)9(3)11;/h7-9H,4-6,11H2,1-3H3;1H. The highest BCUT2D eigenvalue weighted by molar-refractivity contribution is 7.99. The number of rotatable bonds is 2. The van der Waals surface area contributed by atoms with Gasteiger partial charge in [0, 0.05) is 30.1 Å². The van der Waals surface area contributed by atoms with Gasteiger partial charge in [0.05, 0.1) is 5.92 Å². The fourth-order valence-corrected chi connectivity index (χ4v) is 2.55. The molecule has 0 bridgehead atoms. The maximum absolute atomic E-state index is 12.0. The molecule has 3 atom stereocenters. The molecule has 1 heterocycles. The molecule has 1 aliphatic heterocycles. The van der Waals surface area contributed by atoms with Crippen LogP contribution in [-0.2, 0) is 4.79 Å². The second-order valence-corrected chi connectivity index (χ2v) is 5.25. The minimum atomic E-state index is -0.0550. The Labute approximate surface area is 103 Å². The molecule has 0 aromatic carbocycles. The van der Waals surface area contributed by atoms with Gasteiger partial charge in [0.25, 0.3) is 0 Å². The average molecular weight is 253 g/mol. The lowest BCUT2D eigenvalue weighted by Gasteiger charge is -2.35. The number of amides is 1. The van der Waals surface area contributed by atoms with Crippen molar-refractivity contribution in [3.05, 3.63) is 0 Å². The molecule has 15 heavy (non-hydrogen) atoms. The van der Waals surface area contributed by atoms with E-state index in [1.165, 1.54) is 0 Å². The van der Waals surface area contributed by atoms with Gasteiger partial charge in [0.15, 0.2) is 0 Å². The largest absolute Gasteiger partial charge is 0.338 e. The van der Waals surface area contributed by atoms with Crippen LogP contribution in [-0.4, -0.2) is 40.9 Å². The molecular weight excluding hydrogens is 232 g/mol. The molecule has 0 aromatic heterocycles. The molecule has 0 aromatic rings. The highest BCUT2D eigenvalue weighted by atomic mass is 35.5. The highest BCUT2D eigenvalue weighted by Crippen LogP contribution is 2.18. The highest BCUT2D eigenvalue weighted by Gasteiger charge is 2.28. The lowest BCUT2D eigenvalue weighted by atomic mass is 10.0. The molecule has 1 saturated heterocycles. The minimum absolute atomic E-state index is 0. The van der Waals surface area contributed by atoms with Gasteiger partial charge in [-0.25, -0.2) is 0 Å². The van der Waals surface area contributed by atoms with E-state index in [1.807, 2.05) is 30.5 Å². The molecule has 5 heteroatoms. The number of thioether (sulfide) groups is 1. The SMILES string of the molecule is CC(N)C(C)C(=O)N1CCSCC1C.Cl. The predicted molar refractivity (Wildman–Crippen MR) is 68.6 cm³/mol. The molecule has 2 N–H and O–H groups in total. The van der Waals surface area contributed by atoms with Crippen molar-refractivity contribution in [3.63, 3.8) is 0 Å². The van der Waals surface area contributed by atoms with Crippen LogP contribution < -0.4 is 5.73 Å². The second kappa shape index (κ2) is 6.61. The first-order valence-electron chi connectivity index (χ1n) is 5.18. The normalized spacial score (nSPS) is 25.3. The first-order chi connectivity index (χ1) is 6.54. The maximum atomic E-state index is 12.0. The first kappa shape index (κ1) is 15.1. The monoisotopic (exact) mass is 252 g/mol. The smallest absolute Gasteiger partial charge is 0.227 e. The molecule has 1 fully saturated rings. The van der Waals surface area contributed by atoms with Gasteiger partial charge in [-0.05, 0) is 13.8 Å². The van der Waals surface area contributed by atoms with E-state index in [0.29, 0.717) is 6.04 Å². The zero-order valence-corrected chi connectivity index (χ0v) is 11.2. The summed E-state index contributed by atoms with van der Waals surface area (Å²) in [6.45, 7) is 6.80. The number of nitrogens with two attached hydrogens (primary N) is 1. The molecule has 0 radical (unpaired) electrons. The van der Waals surface area contributed by atoms with E-state index in [4.69, 9.17) is 5.73 Å². The van der Waals surface area contributed by atoms with Crippen LogP contribution in [0.5, 0.6) is 0 Å². The number of hydrogen-bond acceptors (Lipinski definition) is 3. The maximum Gasteiger partial charge on any atom is 0.227 e. The van der Waals surface area contributed by atoms with Gasteiger partial charge in [-0.15, -0.1) is 12.4 Å². The zero-order valence-electron chi connectivity index (χ0n) is 9.60. The Kier molecular flexibility index (Phi) is 6.64. The number of carbonyl (C=O) groups excluding carboxylic acids is 1. The van der Waals surface area contributed by atoms with E-state index in [0.717, 1.165) is 18.1 Å². The summed E-state index contributed by atoms with van der Waals surface area (Å²) in [5.41, 5.74) is 5.74. The van der Waals surface area contributed by atoms with E-state index in [-0.39, 0.29) is 30.3 Å². The summed E-state index contributed by atoms with van der Waals surface area (Å²) in [4.78, 5) is 14.0. The van der Waals surface area contributed by atoms with Crippen LogP contribution in [0, 0.1) is 5.92 Å². The van der Waals surface area contributed by atoms with Crippen LogP contribution in [0.3, 0.4) is 0 Å². The van der Waals surface area contributed by atoms with Crippen molar-refractivity contribution in [3.8, 4) is 0 Å². The third-order valence-corrected chi connectivity index (χ3v) is 4.02. The van der Waals surface area contributed by atoms with Gasteiger partial charge in [0.2, 0.25) is 5.91 Å². The summed E-state index contributed by atoms with van der Waals surface area (Å²) in [6.07, 6.45) is 0. The number of carbonyl (C=O) groups is 1. The lowest BCUT2D eigenvalue weighted by molar-refractivity contribution is -0.137. The summed E-state index contributed by atoms with van der Waals surface area (Å²) in [6, 6.07) is 0.312. The van der Waals surface area contributed by atoms with Crippen LogP contribution in [0.1, 0.15) is 20.8 Å². The summed E-state index contributed by atoms with van der Waals surface area (Å²) in [5, 5.41) is 0. The van der Waals surface area contributed by atoms with Crippen LogP contribution in [0.15, 0.2) is 0 Å². The average Bonchev–Trinajstić information content (AvgIpc) is 2.16. The fraction of sp³-hybridized carbons (Fsp3) is 0.900. The van der Waals surface area contributed by atoms with Crippen molar-refractivity contribution in [1.82, 2.24) is 4.90 Å². The van der Waals surface area contributed by atoms with Crippen molar-refractivity contribution in [2.45, 2.75) is 32.9 Å². The Bertz CT molecular complexity index is 214. The Morgan fingerprint density at radius 2 is 2.13 bits per heavy atom. The van der Waals surface area contributed by atoms with Crippen molar-refractivity contribution >= 4 is 30.1 Å². The molecule has 0 spiro atoms. The summed E-state index contributed by atoms with van der Waals surface area (Å²) in [7, 11) is 0. The number of hydrogen-bond donors (Lipinski definition) is 1. The number of nitrogens with zero attached hydrogens (tertiary/aromatic N) is 1. The molecule has 90 valence electrons. The first-order valence-corrected chi connectivity index (χ1v) is 6.33. The van der Waals surface area contributed by atoms with Crippen LogP contribution in [0.4, 0.5) is 0 Å².